The molecule has 2 rings (SSSR count). The highest BCUT2D eigenvalue weighted by atomic mass is 32.2. The number of aliphatic hydroxyl groups is 1. The Morgan fingerprint density at radius 3 is 2.95 bits per heavy atom. The molecule has 0 radical (unpaired) electrons. The molecule has 4 N–H and O–H groups in total. The van der Waals surface area contributed by atoms with Crippen LogP contribution in [0, 0.1) is 0 Å². The van der Waals surface area contributed by atoms with Gasteiger partial charge in [-0.2, -0.15) is 4.31 Å². The molecule has 0 aromatic carbocycles. The van der Waals surface area contributed by atoms with E-state index in [2.05, 4.69) is 10.4 Å². The largest absolute Gasteiger partial charge is 0.389 e. The molecule has 0 amide bonds. The van der Waals surface area contributed by atoms with Gasteiger partial charge in [-0.3, -0.25) is 5.84 Å². The fourth-order valence-electron chi connectivity index (χ4n) is 2.21. The molecule has 0 bridgehead atoms. The number of nitrogen functional groups attached to an aromatic ring is 1. The normalized spacial score (nSPS) is 25.2. The number of hydrogen-bond acceptors (Lipinski definition) is 6. The zero-order valence-corrected chi connectivity index (χ0v) is 11.5. The van der Waals surface area contributed by atoms with Crippen LogP contribution in [0.3, 0.4) is 0 Å². The first-order chi connectivity index (χ1) is 8.87. The third kappa shape index (κ3) is 2.86. The van der Waals surface area contributed by atoms with E-state index in [4.69, 9.17) is 5.84 Å². The van der Waals surface area contributed by atoms with Gasteiger partial charge in [0.15, 0.2) is 5.03 Å². The second-order valence-electron chi connectivity index (χ2n) is 4.94. The van der Waals surface area contributed by atoms with Gasteiger partial charge in [0.1, 0.15) is 0 Å². The van der Waals surface area contributed by atoms with Crippen molar-refractivity contribution < 1.29 is 13.5 Å². The Bertz CT molecular complexity index is 559. The number of β-amino-alcohol motifs (C(OH)–C–C–N with tert-alkyl or cyclic N) is 1. The van der Waals surface area contributed by atoms with Gasteiger partial charge in [-0.1, -0.05) is 0 Å². The van der Waals surface area contributed by atoms with Crippen molar-refractivity contribution in [1.29, 1.82) is 0 Å². The number of nitrogens with zero attached hydrogens (tertiary/aromatic N) is 2. The Kier molecular flexibility index (Phi) is 3.77. The van der Waals surface area contributed by atoms with Gasteiger partial charge in [-0.15, -0.1) is 0 Å². The van der Waals surface area contributed by atoms with Crippen LogP contribution in [-0.4, -0.2) is 41.5 Å². The van der Waals surface area contributed by atoms with Crippen LogP contribution in [0.15, 0.2) is 23.4 Å². The van der Waals surface area contributed by atoms with E-state index in [-0.39, 0.29) is 17.3 Å². The van der Waals surface area contributed by atoms with Crippen molar-refractivity contribution in [2.45, 2.75) is 30.4 Å². The first-order valence-electron chi connectivity index (χ1n) is 6.01. The molecule has 7 nitrogen and oxygen atoms in total. The summed E-state index contributed by atoms with van der Waals surface area (Å²) in [7, 11) is -3.76. The summed E-state index contributed by atoms with van der Waals surface area (Å²) in [5, 5.41) is 9.90. The number of piperidine rings is 1. The van der Waals surface area contributed by atoms with E-state index in [1.165, 1.54) is 10.5 Å². The summed E-state index contributed by atoms with van der Waals surface area (Å²) in [6.07, 6.45) is 2.60. The maximum atomic E-state index is 12.5. The minimum atomic E-state index is -3.76. The summed E-state index contributed by atoms with van der Waals surface area (Å²) < 4.78 is 26.3. The monoisotopic (exact) mass is 286 g/mol. The quantitative estimate of drug-likeness (QED) is 0.529. The molecular formula is C11H18N4O3S. The predicted octanol–water partition coefficient (Wildman–Crippen LogP) is -0.0973. The molecule has 0 spiro atoms. The molecule has 19 heavy (non-hydrogen) atoms. The maximum Gasteiger partial charge on any atom is 0.262 e. The van der Waals surface area contributed by atoms with Crippen LogP contribution < -0.4 is 11.3 Å². The van der Waals surface area contributed by atoms with Crippen molar-refractivity contribution in [3.8, 4) is 0 Å². The van der Waals surface area contributed by atoms with Crippen molar-refractivity contribution in [1.82, 2.24) is 9.29 Å². The first-order valence-corrected chi connectivity index (χ1v) is 7.45. The van der Waals surface area contributed by atoms with Crippen LogP contribution in [-0.2, 0) is 10.0 Å². The van der Waals surface area contributed by atoms with Crippen molar-refractivity contribution >= 4 is 15.7 Å². The number of nitrogens with two attached hydrogens (primary N) is 1. The van der Waals surface area contributed by atoms with Gasteiger partial charge >= 0.3 is 0 Å². The highest BCUT2D eigenvalue weighted by Crippen LogP contribution is 2.27. The lowest BCUT2D eigenvalue weighted by Gasteiger charge is -2.35. The number of nitrogens with one attached hydrogen (secondary N) is 1. The molecule has 1 aromatic heterocycles. The lowest BCUT2D eigenvalue weighted by Crippen LogP contribution is -2.48. The number of hydrogen-bond donors (Lipinski definition) is 3. The summed E-state index contributed by atoms with van der Waals surface area (Å²) in [6, 6.07) is 3.14. The third-order valence-electron chi connectivity index (χ3n) is 3.15. The number of rotatable bonds is 3. The van der Waals surface area contributed by atoms with Gasteiger partial charge in [0, 0.05) is 19.3 Å². The van der Waals surface area contributed by atoms with Gasteiger partial charge in [0.05, 0.1) is 11.3 Å². The molecule has 8 heteroatoms. The molecule has 1 aromatic rings. The summed E-state index contributed by atoms with van der Waals surface area (Å²) >= 11 is 0. The number of aromatic nitrogens is 1. The minimum Gasteiger partial charge on any atom is -0.389 e. The lowest BCUT2D eigenvalue weighted by atomic mass is 9.97. The summed E-state index contributed by atoms with van der Waals surface area (Å²) in [5.74, 6) is 5.31. The second kappa shape index (κ2) is 5.04. The van der Waals surface area contributed by atoms with E-state index < -0.39 is 15.6 Å². The van der Waals surface area contributed by atoms with Gasteiger partial charge in [0.2, 0.25) is 0 Å². The SMILES string of the molecule is CC1(O)CCCN(S(=O)(=O)c2ncccc2NN)C1. The minimum absolute atomic E-state index is 0.0654. The molecule has 1 atom stereocenters. The molecule has 1 saturated heterocycles. The van der Waals surface area contributed by atoms with Gasteiger partial charge < -0.3 is 10.5 Å². The highest BCUT2D eigenvalue weighted by molar-refractivity contribution is 7.89. The van der Waals surface area contributed by atoms with Crippen LogP contribution in [0.2, 0.25) is 0 Å². The Hall–Kier alpha value is -1.22. The average molecular weight is 286 g/mol. The summed E-state index contributed by atoms with van der Waals surface area (Å²) in [6.45, 7) is 2.07. The van der Waals surface area contributed by atoms with E-state index in [9.17, 15) is 13.5 Å². The first kappa shape index (κ1) is 14.2. The molecule has 106 valence electrons. The second-order valence-corrected chi connectivity index (χ2v) is 6.79. The molecule has 1 unspecified atom stereocenters. The lowest BCUT2D eigenvalue weighted by molar-refractivity contribution is 0.00935. The molecule has 0 aliphatic carbocycles. The van der Waals surface area contributed by atoms with Crippen molar-refractivity contribution in [3.05, 3.63) is 18.3 Å². The number of hydrazine groups is 1. The van der Waals surface area contributed by atoms with E-state index >= 15 is 0 Å². The van der Waals surface area contributed by atoms with Gasteiger partial charge in [-0.05, 0) is 31.9 Å². The van der Waals surface area contributed by atoms with Crippen LogP contribution in [0.1, 0.15) is 19.8 Å². The van der Waals surface area contributed by atoms with Crippen LogP contribution >= 0.6 is 0 Å². The van der Waals surface area contributed by atoms with Crippen LogP contribution in [0.5, 0.6) is 0 Å². The van der Waals surface area contributed by atoms with E-state index in [1.54, 1.807) is 19.1 Å². The van der Waals surface area contributed by atoms with E-state index in [1.807, 2.05) is 0 Å². The van der Waals surface area contributed by atoms with Crippen molar-refractivity contribution in [2.24, 2.45) is 5.84 Å². The average Bonchev–Trinajstić information content (AvgIpc) is 2.37. The Labute approximate surface area is 112 Å². The molecule has 1 aliphatic rings. The Balaban J connectivity index is 2.37. The summed E-state index contributed by atoms with van der Waals surface area (Å²) in [4.78, 5) is 3.89. The van der Waals surface area contributed by atoms with Crippen molar-refractivity contribution in [3.63, 3.8) is 0 Å². The summed E-state index contributed by atoms with van der Waals surface area (Å²) in [5.41, 5.74) is 1.57. The molecule has 1 fully saturated rings. The number of anilines is 1. The predicted molar refractivity (Wildman–Crippen MR) is 70.7 cm³/mol. The maximum absolute atomic E-state index is 12.5. The van der Waals surface area contributed by atoms with E-state index in [0.29, 0.717) is 19.4 Å². The van der Waals surface area contributed by atoms with Crippen LogP contribution in [0.25, 0.3) is 0 Å². The van der Waals surface area contributed by atoms with Gasteiger partial charge in [0.25, 0.3) is 10.0 Å². The number of pyridine rings is 1. The van der Waals surface area contributed by atoms with Crippen LogP contribution in [0.4, 0.5) is 5.69 Å². The zero-order valence-electron chi connectivity index (χ0n) is 10.7. The fourth-order valence-corrected chi connectivity index (χ4v) is 3.87. The standard InChI is InChI=1S/C11H18N4O3S/c1-11(16)5-3-7-15(8-11)19(17,18)10-9(14-12)4-2-6-13-10/h2,4,6,14,16H,3,5,7-8,12H2,1H3. The fraction of sp³-hybridized carbons (Fsp3) is 0.545. The van der Waals surface area contributed by atoms with Crippen molar-refractivity contribution in [2.75, 3.05) is 18.5 Å². The molecule has 1 aliphatic heterocycles. The zero-order chi connectivity index (χ0) is 14.1. The topological polar surface area (TPSA) is 109 Å². The third-order valence-corrected chi connectivity index (χ3v) is 4.96. The van der Waals surface area contributed by atoms with E-state index in [0.717, 1.165) is 0 Å². The highest BCUT2D eigenvalue weighted by Gasteiger charge is 2.37. The molecule has 2 heterocycles. The molecule has 0 saturated carbocycles. The molecular weight excluding hydrogens is 268 g/mol. The number of sulfonamides is 1. The Morgan fingerprint density at radius 1 is 1.58 bits per heavy atom. The van der Waals surface area contributed by atoms with Gasteiger partial charge in [-0.25, -0.2) is 13.4 Å². The Morgan fingerprint density at radius 2 is 2.32 bits per heavy atom. The smallest absolute Gasteiger partial charge is 0.262 e.